The van der Waals surface area contributed by atoms with Crippen LogP contribution >= 0.6 is 11.6 Å². The van der Waals surface area contributed by atoms with Gasteiger partial charge in [-0.3, -0.25) is 4.79 Å². The molecular weight excluding hydrogens is 536 g/mol. The molecule has 0 saturated carbocycles. The molecule has 1 aliphatic heterocycles. The van der Waals surface area contributed by atoms with Gasteiger partial charge < -0.3 is 5.32 Å². The Labute approximate surface area is 221 Å². The van der Waals surface area contributed by atoms with Gasteiger partial charge in [-0.2, -0.15) is 4.31 Å². The van der Waals surface area contributed by atoms with Crippen molar-refractivity contribution in [1.82, 2.24) is 14.3 Å². The first kappa shape index (κ1) is 27.2. The molecule has 0 radical (unpaired) electrons. The highest BCUT2D eigenvalue weighted by Crippen LogP contribution is 2.27. The van der Waals surface area contributed by atoms with Crippen LogP contribution in [0.2, 0.25) is 5.02 Å². The highest BCUT2D eigenvalue weighted by molar-refractivity contribution is 7.91. The molecule has 1 N–H and O–H groups in total. The third kappa shape index (κ3) is 6.35. The number of sulfonamides is 1. The minimum Gasteiger partial charge on any atom is -0.321 e. The zero-order chi connectivity index (χ0) is 26.6. The normalized spacial score (nSPS) is 15.4. The lowest BCUT2D eigenvalue weighted by atomic mass is 9.91. The standard InChI is InChI=1S/C25H27ClN4O5S2/c1-2-36(32,33)25-27-17-22(26)23(29-25)24(31)28-20-8-10-21(11-9-20)37(34,35)30-14-12-19(13-15-30)16-18-6-4-3-5-7-18/h3-11,17,19H,2,12-16H2,1H3,(H,28,31). The summed E-state index contributed by atoms with van der Waals surface area (Å²) in [7, 11) is -7.40. The predicted octanol–water partition coefficient (Wildman–Crippen LogP) is 3.82. The van der Waals surface area contributed by atoms with Crippen LogP contribution in [0, 0.1) is 5.92 Å². The number of rotatable bonds is 8. The third-order valence-electron chi connectivity index (χ3n) is 6.29. The van der Waals surface area contributed by atoms with E-state index in [-0.39, 0.29) is 21.4 Å². The van der Waals surface area contributed by atoms with Crippen molar-refractivity contribution in [2.45, 2.75) is 36.2 Å². The Kier molecular flexibility index (Phi) is 8.27. The van der Waals surface area contributed by atoms with Crippen molar-refractivity contribution >= 4 is 43.1 Å². The molecule has 196 valence electrons. The number of nitrogens with zero attached hydrogens (tertiary/aromatic N) is 3. The van der Waals surface area contributed by atoms with Gasteiger partial charge in [0.1, 0.15) is 0 Å². The molecular formula is C25H27ClN4O5S2. The van der Waals surface area contributed by atoms with E-state index in [0.29, 0.717) is 24.7 Å². The minimum atomic E-state index is -3.73. The number of aromatic nitrogens is 2. The summed E-state index contributed by atoms with van der Waals surface area (Å²) in [6.07, 6.45) is 3.57. The molecule has 2 heterocycles. The maximum absolute atomic E-state index is 13.2. The molecule has 1 aliphatic rings. The number of halogens is 1. The van der Waals surface area contributed by atoms with Gasteiger partial charge in [0.15, 0.2) is 5.69 Å². The lowest BCUT2D eigenvalue weighted by Crippen LogP contribution is -2.38. The first-order chi connectivity index (χ1) is 17.6. The molecule has 3 aromatic rings. The molecule has 9 nitrogen and oxygen atoms in total. The van der Waals surface area contributed by atoms with Gasteiger partial charge in [0.2, 0.25) is 25.0 Å². The van der Waals surface area contributed by atoms with Crippen LogP contribution in [0.5, 0.6) is 0 Å². The van der Waals surface area contributed by atoms with Crippen LogP contribution in [0.4, 0.5) is 5.69 Å². The van der Waals surface area contributed by atoms with Crippen molar-refractivity contribution in [3.05, 3.63) is 77.1 Å². The van der Waals surface area contributed by atoms with Crippen LogP contribution in [0.1, 0.15) is 35.8 Å². The topological polar surface area (TPSA) is 126 Å². The van der Waals surface area contributed by atoms with Crippen molar-refractivity contribution < 1.29 is 21.6 Å². The van der Waals surface area contributed by atoms with Crippen LogP contribution in [-0.4, -0.2) is 55.9 Å². The lowest BCUT2D eigenvalue weighted by molar-refractivity contribution is 0.102. The van der Waals surface area contributed by atoms with Crippen LogP contribution in [-0.2, 0) is 26.3 Å². The van der Waals surface area contributed by atoms with E-state index in [4.69, 9.17) is 11.6 Å². The summed E-state index contributed by atoms with van der Waals surface area (Å²) >= 11 is 6.01. The van der Waals surface area contributed by atoms with Crippen molar-refractivity contribution in [2.24, 2.45) is 5.92 Å². The minimum absolute atomic E-state index is 0.109. The molecule has 37 heavy (non-hydrogen) atoms. The monoisotopic (exact) mass is 562 g/mol. The molecule has 1 amide bonds. The summed E-state index contributed by atoms with van der Waals surface area (Å²) in [5.74, 6) is -0.528. The van der Waals surface area contributed by atoms with Gasteiger partial charge in [-0.05, 0) is 55.0 Å². The van der Waals surface area contributed by atoms with E-state index >= 15 is 0 Å². The Bertz CT molecular complexity index is 1470. The second-order valence-electron chi connectivity index (χ2n) is 8.77. The zero-order valence-electron chi connectivity index (χ0n) is 20.2. The molecule has 0 bridgehead atoms. The molecule has 0 spiro atoms. The number of nitrogens with one attached hydrogen (secondary N) is 1. The SMILES string of the molecule is CCS(=O)(=O)c1ncc(Cl)c(C(=O)Nc2ccc(S(=O)(=O)N3CCC(Cc4ccccc4)CC3)cc2)n1. The molecule has 1 saturated heterocycles. The Morgan fingerprint density at radius 2 is 1.68 bits per heavy atom. The van der Waals surface area contributed by atoms with E-state index in [0.717, 1.165) is 25.5 Å². The average molecular weight is 563 g/mol. The van der Waals surface area contributed by atoms with E-state index in [1.54, 1.807) is 0 Å². The molecule has 4 rings (SSSR count). The van der Waals surface area contributed by atoms with Gasteiger partial charge in [-0.25, -0.2) is 26.8 Å². The number of hydrogen-bond donors (Lipinski definition) is 1. The summed E-state index contributed by atoms with van der Waals surface area (Å²) in [5.41, 5.74) is 1.27. The molecule has 0 atom stereocenters. The van der Waals surface area contributed by atoms with Crippen molar-refractivity contribution in [3.8, 4) is 0 Å². The Morgan fingerprint density at radius 1 is 1.03 bits per heavy atom. The maximum atomic E-state index is 13.2. The van der Waals surface area contributed by atoms with Gasteiger partial charge in [0.05, 0.1) is 21.9 Å². The molecule has 1 aromatic heterocycles. The first-order valence-electron chi connectivity index (χ1n) is 11.8. The van der Waals surface area contributed by atoms with E-state index in [2.05, 4.69) is 27.4 Å². The van der Waals surface area contributed by atoms with Gasteiger partial charge in [0.25, 0.3) is 5.91 Å². The Hall–Kier alpha value is -2.86. The van der Waals surface area contributed by atoms with Gasteiger partial charge in [0, 0.05) is 18.8 Å². The molecule has 12 heteroatoms. The molecule has 2 aromatic carbocycles. The molecule has 1 fully saturated rings. The van der Waals surface area contributed by atoms with Gasteiger partial charge >= 0.3 is 0 Å². The zero-order valence-corrected chi connectivity index (χ0v) is 22.6. The van der Waals surface area contributed by atoms with Crippen molar-refractivity contribution in [3.63, 3.8) is 0 Å². The van der Waals surface area contributed by atoms with E-state index < -0.39 is 30.9 Å². The summed E-state index contributed by atoms with van der Waals surface area (Å²) < 4.78 is 51.9. The quantitative estimate of drug-likeness (QED) is 0.413. The number of piperidine rings is 1. The summed E-state index contributed by atoms with van der Waals surface area (Å²) in [4.78, 5) is 20.3. The van der Waals surface area contributed by atoms with Gasteiger partial charge in [-0.15, -0.1) is 0 Å². The fourth-order valence-electron chi connectivity index (χ4n) is 4.14. The van der Waals surface area contributed by atoms with E-state index in [1.165, 1.54) is 41.1 Å². The second-order valence-corrected chi connectivity index (χ2v) is 13.3. The summed E-state index contributed by atoms with van der Waals surface area (Å²) in [6.45, 7) is 2.34. The number of sulfone groups is 1. The average Bonchev–Trinajstić information content (AvgIpc) is 2.90. The van der Waals surface area contributed by atoms with E-state index in [9.17, 15) is 21.6 Å². The van der Waals surface area contributed by atoms with E-state index in [1.807, 2.05) is 18.2 Å². The fourth-order valence-corrected chi connectivity index (χ4v) is 6.49. The number of hydrogen-bond acceptors (Lipinski definition) is 7. The first-order valence-corrected chi connectivity index (χ1v) is 15.3. The van der Waals surface area contributed by atoms with Crippen molar-refractivity contribution in [1.29, 1.82) is 0 Å². The number of anilines is 1. The number of amides is 1. The van der Waals surface area contributed by atoms with Crippen LogP contribution in [0.15, 0.2) is 70.8 Å². The Morgan fingerprint density at radius 3 is 2.30 bits per heavy atom. The summed E-state index contributed by atoms with van der Waals surface area (Å²) in [5, 5.41) is 1.97. The number of benzene rings is 2. The molecule has 0 unspecified atom stereocenters. The van der Waals surface area contributed by atoms with Crippen molar-refractivity contribution in [2.75, 3.05) is 24.2 Å². The Balaban J connectivity index is 1.40. The maximum Gasteiger partial charge on any atom is 0.275 e. The number of carbonyl (C=O) groups excluding carboxylic acids is 1. The predicted molar refractivity (Wildman–Crippen MR) is 141 cm³/mol. The smallest absolute Gasteiger partial charge is 0.275 e. The van der Waals surface area contributed by atoms with Crippen LogP contribution in [0.25, 0.3) is 0 Å². The summed E-state index contributed by atoms with van der Waals surface area (Å²) in [6, 6.07) is 16.0. The van der Waals surface area contributed by atoms with Crippen LogP contribution in [0.3, 0.4) is 0 Å². The number of carbonyl (C=O) groups is 1. The molecule has 0 aliphatic carbocycles. The largest absolute Gasteiger partial charge is 0.321 e. The lowest BCUT2D eigenvalue weighted by Gasteiger charge is -2.31. The highest BCUT2D eigenvalue weighted by atomic mass is 35.5. The highest BCUT2D eigenvalue weighted by Gasteiger charge is 2.29. The third-order valence-corrected chi connectivity index (χ3v) is 9.99. The van der Waals surface area contributed by atoms with Gasteiger partial charge in [-0.1, -0.05) is 48.9 Å². The van der Waals surface area contributed by atoms with Crippen LogP contribution < -0.4 is 5.32 Å². The second kappa shape index (κ2) is 11.3. The fraction of sp³-hybridized carbons (Fsp3) is 0.320.